The van der Waals surface area contributed by atoms with Crippen molar-refractivity contribution in [1.82, 2.24) is 4.37 Å². The van der Waals surface area contributed by atoms with E-state index in [1.807, 2.05) is 0 Å². The first kappa shape index (κ1) is 13.5. The summed E-state index contributed by atoms with van der Waals surface area (Å²) in [7, 11) is 0. The van der Waals surface area contributed by atoms with Crippen LogP contribution in [0.1, 0.15) is 26.4 Å². The number of carboxylic acid groups (broad SMARTS) is 1. The predicted molar refractivity (Wildman–Crippen MR) is 73.2 cm³/mol. The monoisotopic (exact) mass is 296 g/mol. The van der Waals surface area contributed by atoms with Crippen LogP contribution < -0.4 is 5.32 Å². The normalized spacial score (nSPS) is 10.2. The van der Waals surface area contributed by atoms with Gasteiger partial charge in [0.25, 0.3) is 5.91 Å². The van der Waals surface area contributed by atoms with Crippen LogP contribution in [-0.2, 0) is 0 Å². The van der Waals surface area contributed by atoms with Gasteiger partial charge in [-0.2, -0.15) is 4.37 Å². The lowest BCUT2D eigenvalue weighted by Gasteiger charge is -2.04. The number of nitrogens with zero attached hydrogens (tertiary/aromatic N) is 1. The number of hydrogen-bond donors (Lipinski definition) is 2. The van der Waals surface area contributed by atoms with Gasteiger partial charge in [0.2, 0.25) is 0 Å². The van der Waals surface area contributed by atoms with Crippen molar-refractivity contribution in [2.24, 2.45) is 0 Å². The zero-order chi connectivity index (χ0) is 14.0. The number of hydrogen-bond acceptors (Lipinski definition) is 4. The summed E-state index contributed by atoms with van der Waals surface area (Å²) in [6.07, 6.45) is 0. The van der Waals surface area contributed by atoms with Crippen LogP contribution in [0, 0.1) is 6.92 Å². The molecule has 0 saturated carbocycles. The summed E-state index contributed by atoms with van der Waals surface area (Å²) in [5.41, 5.74) is 0.745. The highest BCUT2D eigenvalue weighted by Gasteiger charge is 2.19. The van der Waals surface area contributed by atoms with E-state index in [2.05, 4.69) is 9.69 Å². The molecular weight excluding hydrogens is 288 g/mol. The van der Waals surface area contributed by atoms with Crippen molar-refractivity contribution in [3.8, 4) is 0 Å². The van der Waals surface area contributed by atoms with Crippen LogP contribution >= 0.6 is 23.1 Å². The van der Waals surface area contributed by atoms with Crippen molar-refractivity contribution in [1.29, 1.82) is 0 Å². The summed E-state index contributed by atoms with van der Waals surface area (Å²) in [6, 6.07) is 6.39. The first-order chi connectivity index (χ1) is 8.99. The van der Waals surface area contributed by atoms with Gasteiger partial charge in [-0.1, -0.05) is 17.7 Å². The van der Waals surface area contributed by atoms with Crippen LogP contribution in [0.2, 0.25) is 5.02 Å². The molecule has 0 atom stereocenters. The van der Waals surface area contributed by atoms with Crippen LogP contribution in [0.4, 0.5) is 5.00 Å². The molecule has 1 aromatic heterocycles. The number of benzene rings is 1. The number of nitrogens with one attached hydrogen (secondary N) is 1. The molecule has 19 heavy (non-hydrogen) atoms. The van der Waals surface area contributed by atoms with Crippen molar-refractivity contribution in [2.75, 3.05) is 5.32 Å². The van der Waals surface area contributed by atoms with E-state index >= 15 is 0 Å². The molecule has 2 rings (SSSR count). The summed E-state index contributed by atoms with van der Waals surface area (Å²) in [5, 5.41) is 12.2. The average Bonchev–Trinajstić information content (AvgIpc) is 2.70. The number of carbonyl (C=O) groups is 2. The zero-order valence-electron chi connectivity index (χ0n) is 9.81. The first-order valence-electron chi connectivity index (χ1n) is 5.25. The maximum absolute atomic E-state index is 12.0. The van der Waals surface area contributed by atoms with Crippen molar-refractivity contribution in [3.63, 3.8) is 0 Å². The van der Waals surface area contributed by atoms with Crippen LogP contribution in [0.25, 0.3) is 0 Å². The third kappa shape index (κ3) is 2.91. The van der Waals surface area contributed by atoms with Gasteiger partial charge in [-0.05, 0) is 36.7 Å². The molecule has 1 heterocycles. The Morgan fingerprint density at radius 1 is 1.42 bits per heavy atom. The molecule has 0 fully saturated rings. The van der Waals surface area contributed by atoms with Crippen LogP contribution in [0.5, 0.6) is 0 Å². The van der Waals surface area contributed by atoms with Gasteiger partial charge in [0.15, 0.2) is 0 Å². The second kappa shape index (κ2) is 5.38. The predicted octanol–water partition coefficient (Wildman–Crippen LogP) is 3.06. The highest BCUT2D eigenvalue weighted by Crippen LogP contribution is 2.25. The molecular formula is C12H9ClN2O3S. The number of halogens is 1. The van der Waals surface area contributed by atoms with Crippen molar-refractivity contribution >= 4 is 40.0 Å². The van der Waals surface area contributed by atoms with Crippen molar-refractivity contribution in [2.45, 2.75) is 6.92 Å². The number of aromatic nitrogens is 1. The van der Waals surface area contributed by atoms with E-state index in [9.17, 15) is 9.59 Å². The number of carboxylic acids is 1. The van der Waals surface area contributed by atoms with Crippen LogP contribution in [0.15, 0.2) is 24.3 Å². The Morgan fingerprint density at radius 2 is 2.16 bits per heavy atom. The molecule has 0 bridgehead atoms. The Hall–Kier alpha value is -1.92. The quantitative estimate of drug-likeness (QED) is 0.912. The molecule has 5 nitrogen and oxygen atoms in total. The van der Waals surface area contributed by atoms with E-state index in [0.717, 1.165) is 11.5 Å². The second-order valence-electron chi connectivity index (χ2n) is 3.74. The molecule has 0 spiro atoms. The van der Waals surface area contributed by atoms with E-state index in [0.29, 0.717) is 16.3 Å². The van der Waals surface area contributed by atoms with Crippen molar-refractivity contribution in [3.05, 3.63) is 46.1 Å². The van der Waals surface area contributed by atoms with Crippen LogP contribution in [0.3, 0.4) is 0 Å². The van der Waals surface area contributed by atoms with E-state index in [1.165, 1.54) is 6.07 Å². The van der Waals surface area contributed by atoms with Gasteiger partial charge in [0, 0.05) is 10.6 Å². The summed E-state index contributed by atoms with van der Waals surface area (Å²) in [5.74, 6) is -1.54. The lowest BCUT2D eigenvalue weighted by molar-refractivity contribution is 0.0697. The van der Waals surface area contributed by atoms with Gasteiger partial charge in [-0.15, -0.1) is 0 Å². The Bertz CT molecular complexity index is 654. The minimum absolute atomic E-state index is 0.0142. The SMILES string of the molecule is Cc1nsc(NC(=O)c2cccc(Cl)c2)c1C(=O)O. The molecule has 0 saturated heterocycles. The smallest absolute Gasteiger partial charge is 0.340 e. The number of amides is 1. The maximum atomic E-state index is 12.0. The number of rotatable bonds is 3. The average molecular weight is 297 g/mol. The molecule has 0 radical (unpaired) electrons. The van der Waals surface area contributed by atoms with E-state index in [4.69, 9.17) is 16.7 Å². The summed E-state index contributed by atoms with van der Waals surface area (Å²) < 4.78 is 3.92. The standard InChI is InChI=1S/C12H9ClN2O3S/c1-6-9(12(17)18)11(19-15-6)14-10(16)7-3-2-4-8(13)5-7/h2-5H,1H3,(H,14,16)(H,17,18). The molecule has 2 aromatic rings. The molecule has 0 aliphatic rings. The fraction of sp³-hybridized carbons (Fsp3) is 0.0833. The first-order valence-corrected chi connectivity index (χ1v) is 6.40. The number of anilines is 1. The summed E-state index contributed by atoms with van der Waals surface area (Å²) >= 11 is 6.73. The lowest BCUT2D eigenvalue weighted by Crippen LogP contribution is -2.13. The van der Waals surface area contributed by atoms with Gasteiger partial charge in [0.05, 0.1) is 5.69 Å². The Morgan fingerprint density at radius 3 is 2.79 bits per heavy atom. The number of aromatic carboxylic acids is 1. The molecule has 0 unspecified atom stereocenters. The lowest BCUT2D eigenvalue weighted by atomic mass is 10.2. The van der Waals surface area contributed by atoms with Gasteiger partial charge in [-0.3, -0.25) is 4.79 Å². The molecule has 0 aliphatic carbocycles. The van der Waals surface area contributed by atoms with Gasteiger partial charge in [0.1, 0.15) is 10.6 Å². The zero-order valence-corrected chi connectivity index (χ0v) is 11.4. The molecule has 98 valence electrons. The van der Waals surface area contributed by atoms with Gasteiger partial charge >= 0.3 is 5.97 Å². The fourth-order valence-corrected chi connectivity index (χ4v) is 2.49. The topological polar surface area (TPSA) is 79.3 Å². The minimum atomic E-state index is -1.12. The maximum Gasteiger partial charge on any atom is 0.340 e. The molecule has 1 aromatic carbocycles. The summed E-state index contributed by atoms with van der Waals surface area (Å²) in [6.45, 7) is 1.58. The third-order valence-corrected chi connectivity index (χ3v) is 3.48. The van der Waals surface area contributed by atoms with E-state index in [1.54, 1.807) is 25.1 Å². The van der Waals surface area contributed by atoms with Gasteiger partial charge in [-0.25, -0.2) is 4.79 Å². The minimum Gasteiger partial charge on any atom is -0.478 e. The Balaban J connectivity index is 2.27. The molecule has 2 N–H and O–H groups in total. The molecule has 0 aliphatic heterocycles. The van der Waals surface area contributed by atoms with E-state index in [-0.39, 0.29) is 10.6 Å². The van der Waals surface area contributed by atoms with Crippen LogP contribution in [-0.4, -0.2) is 21.4 Å². The van der Waals surface area contributed by atoms with Crippen molar-refractivity contribution < 1.29 is 14.7 Å². The van der Waals surface area contributed by atoms with Gasteiger partial charge < -0.3 is 10.4 Å². The molecule has 1 amide bonds. The number of carbonyl (C=O) groups excluding carboxylic acids is 1. The number of aryl methyl sites for hydroxylation is 1. The Labute approximate surface area is 118 Å². The summed E-state index contributed by atoms with van der Waals surface area (Å²) in [4.78, 5) is 23.0. The fourth-order valence-electron chi connectivity index (χ4n) is 1.51. The van der Waals surface area contributed by atoms with E-state index < -0.39 is 11.9 Å². The molecule has 7 heteroatoms. The Kier molecular flexibility index (Phi) is 3.82. The second-order valence-corrected chi connectivity index (χ2v) is 4.95. The largest absolute Gasteiger partial charge is 0.478 e. The highest BCUT2D eigenvalue weighted by atomic mass is 35.5. The third-order valence-electron chi connectivity index (χ3n) is 2.39. The highest BCUT2D eigenvalue weighted by molar-refractivity contribution is 7.11.